The second kappa shape index (κ2) is 9.83. The zero-order valence-electron chi connectivity index (χ0n) is 11.5. The van der Waals surface area contributed by atoms with Crippen molar-refractivity contribution in [2.24, 2.45) is 0 Å². The number of benzene rings is 1. The lowest BCUT2D eigenvalue weighted by Crippen LogP contribution is -2.18. The van der Waals surface area contributed by atoms with Crippen LogP contribution in [-0.2, 0) is 20.8 Å². The lowest BCUT2D eigenvalue weighted by molar-refractivity contribution is -0.140. The Morgan fingerprint density at radius 3 is 2.95 bits per heavy atom. The molecule has 0 aliphatic rings. The van der Waals surface area contributed by atoms with E-state index in [1.807, 2.05) is 6.07 Å². The van der Waals surface area contributed by atoms with E-state index in [-0.39, 0.29) is 5.97 Å². The number of hydrogen-bond acceptors (Lipinski definition) is 5. The topological polar surface area (TPSA) is 47.6 Å². The minimum absolute atomic E-state index is 0.162. The van der Waals surface area contributed by atoms with Gasteiger partial charge in [-0.05, 0) is 17.7 Å². The van der Waals surface area contributed by atoms with Gasteiger partial charge in [0.05, 0.1) is 20.1 Å². The first-order chi connectivity index (χ1) is 9.26. The van der Waals surface area contributed by atoms with E-state index in [0.29, 0.717) is 13.0 Å². The zero-order chi connectivity index (χ0) is 13.9. The third-order valence-electron chi connectivity index (χ3n) is 2.51. The summed E-state index contributed by atoms with van der Waals surface area (Å²) >= 11 is 1.67. The van der Waals surface area contributed by atoms with Crippen molar-refractivity contribution in [1.29, 1.82) is 0 Å². The summed E-state index contributed by atoms with van der Waals surface area (Å²) in [4.78, 5) is 12.2. The number of carbonyl (C=O) groups excluding carboxylic acids is 1. The van der Waals surface area contributed by atoms with Crippen molar-refractivity contribution in [1.82, 2.24) is 5.32 Å². The maximum absolute atomic E-state index is 11.0. The Labute approximate surface area is 118 Å². The third-order valence-corrected chi connectivity index (χ3v) is 3.51. The first kappa shape index (κ1) is 16.0. The maximum atomic E-state index is 11.0. The van der Waals surface area contributed by atoms with Crippen molar-refractivity contribution < 1.29 is 14.3 Å². The highest BCUT2D eigenvalue weighted by molar-refractivity contribution is 7.99. The number of hydrogen-bond donors (Lipinski definition) is 1. The van der Waals surface area contributed by atoms with Crippen molar-refractivity contribution >= 4 is 17.7 Å². The second-order valence-electron chi connectivity index (χ2n) is 3.99. The number of ether oxygens (including phenoxy) is 2. The predicted molar refractivity (Wildman–Crippen MR) is 77.4 cm³/mol. The molecule has 1 N–H and O–H groups in total. The van der Waals surface area contributed by atoms with Crippen LogP contribution in [0.25, 0.3) is 0 Å². The minimum Gasteiger partial charge on any atom is -0.469 e. The first-order valence-electron chi connectivity index (χ1n) is 6.24. The SMILES string of the molecule is COCCNCc1cccc(SCCC(=O)OC)c1. The molecule has 5 heteroatoms. The fourth-order valence-electron chi connectivity index (χ4n) is 1.51. The molecule has 0 aliphatic carbocycles. The fourth-order valence-corrected chi connectivity index (χ4v) is 2.42. The number of carbonyl (C=O) groups is 1. The Balaban J connectivity index is 2.32. The molecule has 106 valence electrons. The molecule has 0 spiro atoms. The second-order valence-corrected chi connectivity index (χ2v) is 5.16. The Morgan fingerprint density at radius 1 is 1.37 bits per heavy atom. The lowest BCUT2D eigenvalue weighted by Gasteiger charge is -2.06. The highest BCUT2D eigenvalue weighted by Gasteiger charge is 2.01. The molecule has 0 unspecified atom stereocenters. The van der Waals surface area contributed by atoms with Crippen LogP contribution >= 0.6 is 11.8 Å². The molecule has 0 amide bonds. The van der Waals surface area contributed by atoms with E-state index in [4.69, 9.17) is 4.74 Å². The van der Waals surface area contributed by atoms with E-state index in [9.17, 15) is 4.79 Å². The molecule has 1 aromatic carbocycles. The molecule has 0 atom stereocenters. The van der Waals surface area contributed by atoms with Gasteiger partial charge in [0, 0.05) is 30.8 Å². The lowest BCUT2D eigenvalue weighted by atomic mass is 10.2. The number of nitrogens with one attached hydrogen (secondary N) is 1. The Bertz CT molecular complexity index is 385. The van der Waals surface area contributed by atoms with Gasteiger partial charge in [-0.25, -0.2) is 0 Å². The molecule has 0 fully saturated rings. The maximum Gasteiger partial charge on any atom is 0.306 e. The Morgan fingerprint density at radius 2 is 2.21 bits per heavy atom. The van der Waals surface area contributed by atoms with E-state index >= 15 is 0 Å². The summed E-state index contributed by atoms with van der Waals surface area (Å²) in [6, 6.07) is 8.32. The average molecular weight is 283 g/mol. The molecular formula is C14H21NO3S. The van der Waals surface area contributed by atoms with Gasteiger partial charge in [-0.3, -0.25) is 4.79 Å². The smallest absolute Gasteiger partial charge is 0.306 e. The van der Waals surface area contributed by atoms with E-state index < -0.39 is 0 Å². The van der Waals surface area contributed by atoms with Gasteiger partial charge in [-0.1, -0.05) is 12.1 Å². The van der Waals surface area contributed by atoms with Gasteiger partial charge in [0.1, 0.15) is 0 Å². The Kier molecular flexibility index (Phi) is 8.29. The molecule has 0 bridgehead atoms. The molecule has 0 saturated heterocycles. The highest BCUT2D eigenvalue weighted by atomic mass is 32.2. The molecule has 1 aromatic rings. The monoisotopic (exact) mass is 283 g/mol. The number of thioether (sulfide) groups is 1. The van der Waals surface area contributed by atoms with Crippen molar-refractivity contribution in [2.45, 2.75) is 17.9 Å². The van der Waals surface area contributed by atoms with Crippen molar-refractivity contribution in [2.75, 3.05) is 33.1 Å². The molecule has 0 radical (unpaired) electrons. The number of esters is 1. The van der Waals surface area contributed by atoms with Crippen LogP contribution < -0.4 is 5.32 Å². The van der Waals surface area contributed by atoms with Gasteiger partial charge in [-0.15, -0.1) is 11.8 Å². The standard InChI is InChI=1S/C14H21NO3S/c1-17-8-7-15-11-12-4-3-5-13(10-12)19-9-6-14(16)18-2/h3-5,10,15H,6-9,11H2,1-2H3. The third kappa shape index (κ3) is 7.20. The van der Waals surface area contributed by atoms with Crippen LogP contribution in [0.5, 0.6) is 0 Å². The summed E-state index contributed by atoms with van der Waals surface area (Å²) in [6.07, 6.45) is 0.442. The average Bonchev–Trinajstić information content (AvgIpc) is 2.44. The molecule has 19 heavy (non-hydrogen) atoms. The van der Waals surface area contributed by atoms with Crippen LogP contribution in [0.3, 0.4) is 0 Å². The molecule has 0 aliphatic heterocycles. The summed E-state index contributed by atoms with van der Waals surface area (Å²) in [5.74, 6) is 0.581. The largest absolute Gasteiger partial charge is 0.469 e. The van der Waals surface area contributed by atoms with Crippen LogP contribution in [0.4, 0.5) is 0 Å². The van der Waals surface area contributed by atoms with Gasteiger partial charge in [0.2, 0.25) is 0 Å². The summed E-state index contributed by atoms with van der Waals surface area (Å²) in [5.41, 5.74) is 1.24. The van der Waals surface area contributed by atoms with Crippen molar-refractivity contribution in [3.63, 3.8) is 0 Å². The highest BCUT2D eigenvalue weighted by Crippen LogP contribution is 2.20. The summed E-state index contributed by atoms with van der Waals surface area (Å²) in [6.45, 7) is 2.39. The van der Waals surface area contributed by atoms with Gasteiger partial charge >= 0.3 is 5.97 Å². The van der Waals surface area contributed by atoms with Crippen LogP contribution in [0, 0.1) is 0 Å². The van der Waals surface area contributed by atoms with E-state index in [0.717, 1.165) is 18.8 Å². The minimum atomic E-state index is -0.162. The summed E-state index contributed by atoms with van der Waals surface area (Å²) in [5, 5.41) is 3.30. The molecular weight excluding hydrogens is 262 g/mol. The molecule has 0 aromatic heterocycles. The van der Waals surface area contributed by atoms with Gasteiger partial charge < -0.3 is 14.8 Å². The van der Waals surface area contributed by atoms with Crippen molar-refractivity contribution in [3.05, 3.63) is 29.8 Å². The quantitative estimate of drug-likeness (QED) is 0.427. The molecule has 0 heterocycles. The van der Waals surface area contributed by atoms with Crippen LogP contribution in [-0.4, -0.2) is 39.1 Å². The van der Waals surface area contributed by atoms with Gasteiger partial charge in [0.15, 0.2) is 0 Å². The van der Waals surface area contributed by atoms with Crippen LogP contribution in [0.2, 0.25) is 0 Å². The normalized spacial score (nSPS) is 10.4. The zero-order valence-corrected chi connectivity index (χ0v) is 12.3. The summed E-state index contributed by atoms with van der Waals surface area (Å²) in [7, 11) is 3.11. The van der Waals surface area contributed by atoms with E-state index in [2.05, 4.69) is 28.3 Å². The number of rotatable bonds is 9. The van der Waals surface area contributed by atoms with Gasteiger partial charge in [0.25, 0.3) is 0 Å². The summed E-state index contributed by atoms with van der Waals surface area (Å²) < 4.78 is 9.59. The van der Waals surface area contributed by atoms with Crippen molar-refractivity contribution in [3.8, 4) is 0 Å². The van der Waals surface area contributed by atoms with E-state index in [1.165, 1.54) is 17.6 Å². The van der Waals surface area contributed by atoms with Crippen LogP contribution in [0.1, 0.15) is 12.0 Å². The predicted octanol–water partition coefficient (Wildman–Crippen LogP) is 2.08. The van der Waals surface area contributed by atoms with Gasteiger partial charge in [-0.2, -0.15) is 0 Å². The number of methoxy groups -OCH3 is 2. The molecule has 0 saturated carbocycles. The first-order valence-corrected chi connectivity index (χ1v) is 7.23. The molecule has 4 nitrogen and oxygen atoms in total. The molecule has 1 rings (SSSR count). The fraction of sp³-hybridized carbons (Fsp3) is 0.500. The van der Waals surface area contributed by atoms with E-state index in [1.54, 1.807) is 18.9 Å². The Hall–Kier alpha value is -1.04. The van der Waals surface area contributed by atoms with Crippen LogP contribution in [0.15, 0.2) is 29.2 Å².